The minimum atomic E-state index is -4.24. The molecule has 1 N–H and O–H groups in total. The molecule has 2 aromatic carbocycles. The summed E-state index contributed by atoms with van der Waals surface area (Å²) in [5.41, 5.74) is 4.78. The molecule has 0 aliphatic heterocycles. The van der Waals surface area contributed by atoms with Crippen molar-refractivity contribution in [2.45, 2.75) is 12.6 Å². The molecule has 7 nitrogen and oxygen atoms in total. The van der Waals surface area contributed by atoms with Crippen LogP contribution in [0.5, 0.6) is 11.5 Å². The minimum absolute atomic E-state index is 0.211. The van der Waals surface area contributed by atoms with Gasteiger partial charge in [-0.1, -0.05) is 0 Å². The molecule has 0 fully saturated rings. The van der Waals surface area contributed by atoms with Crippen molar-refractivity contribution in [3.05, 3.63) is 61.1 Å². The molecule has 4 aromatic rings. The second kappa shape index (κ2) is 10.9. The van der Waals surface area contributed by atoms with Crippen LogP contribution in [-0.2, 0) is 7.05 Å². The van der Waals surface area contributed by atoms with Crippen LogP contribution in [0.25, 0.3) is 22.3 Å². The maximum Gasteiger partial charge on any atom is 0.401 e. The molecule has 0 atom stereocenters. The van der Waals surface area contributed by atoms with Crippen LogP contribution >= 0.6 is 0 Å². The summed E-state index contributed by atoms with van der Waals surface area (Å²) < 4.78 is 50.4. The Morgan fingerprint density at radius 2 is 1.72 bits per heavy atom. The molecule has 0 aliphatic carbocycles. The number of anilines is 2. The Balaban J connectivity index is 1.67. The van der Waals surface area contributed by atoms with Gasteiger partial charge in [-0.3, -0.25) is 4.98 Å². The lowest BCUT2D eigenvalue weighted by Crippen LogP contribution is -2.31. The van der Waals surface area contributed by atoms with E-state index in [0.29, 0.717) is 30.0 Å². The highest BCUT2D eigenvalue weighted by molar-refractivity contribution is 5.82. The van der Waals surface area contributed by atoms with Crippen LogP contribution in [0.4, 0.5) is 24.5 Å². The number of hydrogen-bond acceptors (Lipinski definition) is 6. The summed E-state index contributed by atoms with van der Waals surface area (Å²) in [5.74, 6) is 1.22. The molecule has 4 rings (SSSR count). The Bertz CT molecular complexity index is 1300. The van der Waals surface area contributed by atoms with Crippen LogP contribution in [0, 0.1) is 0 Å². The Hall–Kier alpha value is -3.79. The third-order valence-electron chi connectivity index (χ3n) is 5.67. The Morgan fingerprint density at radius 1 is 0.972 bits per heavy atom. The molecule has 2 heterocycles. The zero-order valence-electron chi connectivity index (χ0n) is 20.3. The van der Waals surface area contributed by atoms with Gasteiger partial charge in [0.05, 0.1) is 43.7 Å². The van der Waals surface area contributed by atoms with Crippen molar-refractivity contribution in [2.24, 2.45) is 7.05 Å². The first kappa shape index (κ1) is 25.3. The van der Waals surface area contributed by atoms with Crippen molar-refractivity contribution in [1.82, 2.24) is 19.9 Å². The predicted molar refractivity (Wildman–Crippen MR) is 134 cm³/mol. The van der Waals surface area contributed by atoms with E-state index in [4.69, 9.17) is 14.5 Å². The number of fused-ring (bicyclic) bond motifs is 1. The van der Waals surface area contributed by atoms with Crippen molar-refractivity contribution in [2.75, 3.05) is 38.8 Å². The summed E-state index contributed by atoms with van der Waals surface area (Å²) in [6.45, 7) is -0.352. The number of halogens is 3. The van der Waals surface area contributed by atoms with Gasteiger partial charge in [0.2, 0.25) is 0 Å². The highest BCUT2D eigenvalue weighted by Crippen LogP contribution is 2.34. The third kappa shape index (κ3) is 6.25. The number of ether oxygens (including phenoxy) is 2. The van der Waals surface area contributed by atoms with Crippen molar-refractivity contribution < 1.29 is 22.6 Å². The maximum atomic E-state index is 12.5. The van der Waals surface area contributed by atoms with Gasteiger partial charge in [0.25, 0.3) is 0 Å². The fourth-order valence-electron chi connectivity index (χ4n) is 3.91. The first-order chi connectivity index (χ1) is 17.3. The lowest BCUT2D eigenvalue weighted by Gasteiger charge is -2.26. The molecular weight excluding hydrogens is 471 g/mol. The monoisotopic (exact) mass is 499 g/mol. The smallest absolute Gasteiger partial charge is 0.401 e. The lowest BCUT2D eigenvalue weighted by molar-refractivity contribution is -0.124. The zero-order chi connectivity index (χ0) is 25.7. The van der Waals surface area contributed by atoms with Gasteiger partial charge in [0.1, 0.15) is 11.5 Å². The topological polar surface area (TPSA) is 64.4 Å². The largest absolute Gasteiger partial charge is 0.497 e. The molecule has 0 aliphatic rings. The lowest BCUT2D eigenvalue weighted by atomic mass is 10.1. The molecule has 0 saturated carbocycles. The van der Waals surface area contributed by atoms with Crippen LogP contribution in [0.3, 0.4) is 0 Å². The van der Waals surface area contributed by atoms with E-state index in [2.05, 4.69) is 10.3 Å². The van der Waals surface area contributed by atoms with E-state index >= 15 is 0 Å². The summed E-state index contributed by atoms with van der Waals surface area (Å²) in [7, 11) is 5.08. The van der Waals surface area contributed by atoms with Gasteiger partial charge >= 0.3 is 6.18 Å². The van der Waals surface area contributed by atoms with Crippen LogP contribution in [0.1, 0.15) is 6.42 Å². The van der Waals surface area contributed by atoms with Crippen LogP contribution in [0.15, 0.2) is 61.1 Å². The molecular formula is C26H28F3N5O2. The molecule has 0 unspecified atom stereocenters. The molecule has 0 saturated heterocycles. The molecule has 0 spiro atoms. The van der Waals surface area contributed by atoms with E-state index in [0.717, 1.165) is 28.1 Å². The standard InChI is InChI=1S/C26H28F3N5O2/c1-33-10-7-18(16-33)25-15-31-23-6-5-19(13-24(23)32-25)34(9-4-8-30-17-26(27,28)29)20-11-21(35-2)14-22(12-20)36-3/h5-7,10-16,30H,4,8-9,17H2,1-3H3. The minimum Gasteiger partial charge on any atom is -0.497 e. The average Bonchev–Trinajstić information content (AvgIpc) is 3.30. The number of methoxy groups -OCH3 is 2. The zero-order valence-corrected chi connectivity index (χ0v) is 20.3. The molecule has 10 heteroatoms. The number of aryl methyl sites for hydroxylation is 1. The van der Waals surface area contributed by atoms with Gasteiger partial charge in [-0.05, 0) is 37.2 Å². The quantitative estimate of drug-likeness (QED) is 0.298. The van der Waals surface area contributed by atoms with E-state index in [9.17, 15) is 13.2 Å². The Kier molecular flexibility index (Phi) is 7.64. The number of aromatic nitrogens is 3. The Labute approximate surface area is 207 Å². The molecule has 2 aromatic heterocycles. The van der Waals surface area contributed by atoms with Crippen molar-refractivity contribution in [3.8, 4) is 22.8 Å². The van der Waals surface area contributed by atoms with Gasteiger partial charge in [0, 0.05) is 61.1 Å². The summed E-state index contributed by atoms with van der Waals surface area (Å²) in [5, 5.41) is 2.46. The maximum absolute atomic E-state index is 12.5. The summed E-state index contributed by atoms with van der Waals surface area (Å²) in [4.78, 5) is 11.4. The second-order valence-electron chi connectivity index (χ2n) is 8.36. The molecule has 190 valence electrons. The van der Waals surface area contributed by atoms with E-state index < -0.39 is 12.7 Å². The number of hydrogen-bond donors (Lipinski definition) is 1. The van der Waals surface area contributed by atoms with E-state index in [1.165, 1.54) is 0 Å². The van der Waals surface area contributed by atoms with E-state index in [-0.39, 0.29) is 6.54 Å². The summed E-state index contributed by atoms with van der Waals surface area (Å²) >= 11 is 0. The van der Waals surface area contributed by atoms with Crippen LogP contribution in [0.2, 0.25) is 0 Å². The van der Waals surface area contributed by atoms with Crippen LogP contribution < -0.4 is 19.7 Å². The summed E-state index contributed by atoms with van der Waals surface area (Å²) in [6, 6.07) is 13.2. The molecule has 0 radical (unpaired) electrons. The fraction of sp³-hybridized carbons (Fsp3) is 0.308. The number of rotatable bonds is 10. The van der Waals surface area contributed by atoms with Gasteiger partial charge in [0.15, 0.2) is 0 Å². The van der Waals surface area contributed by atoms with Gasteiger partial charge in [-0.15, -0.1) is 0 Å². The molecule has 36 heavy (non-hydrogen) atoms. The van der Waals surface area contributed by atoms with Crippen molar-refractivity contribution in [3.63, 3.8) is 0 Å². The van der Waals surface area contributed by atoms with E-state index in [1.807, 2.05) is 65.3 Å². The van der Waals surface area contributed by atoms with Gasteiger partial charge in [-0.2, -0.15) is 13.2 Å². The first-order valence-corrected chi connectivity index (χ1v) is 11.4. The van der Waals surface area contributed by atoms with Gasteiger partial charge in [-0.25, -0.2) is 4.98 Å². The first-order valence-electron chi connectivity index (χ1n) is 11.4. The summed E-state index contributed by atoms with van der Waals surface area (Å²) in [6.07, 6.45) is 1.90. The predicted octanol–water partition coefficient (Wildman–Crippen LogP) is 5.33. The second-order valence-corrected chi connectivity index (χ2v) is 8.36. The normalized spacial score (nSPS) is 11.6. The van der Waals surface area contributed by atoms with Crippen LogP contribution in [-0.4, -0.2) is 54.6 Å². The highest BCUT2D eigenvalue weighted by atomic mass is 19.4. The number of benzene rings is 2. The van der Waals surface area contributed by atoms with E-state index in [1.54, 1.807) is 26.5 Å². The number of nitrogens with one attached hydrogen (secondary N) is 1. The molecule has 0 amide bonds. The molecule has 0 bridgehead atoms. The SMILES string of the molecule is COc1cc(OC)cc(N(CCCNCC(F)(F)F)c2ccc3ncc(-c4ccn(C)c4)nc3c2)c1. The van der Waals surface area contributed by atoms with Crippen molar-refractivity contribution >= 4 is 22.4 Å². The number of alkyl halides is 3. The number of nitrogens with zero attached hydrogens (tertiary/aromatic N) is 4. The third-order valence-corrected chi connectivity index (χ3v) is 5.67. The highest BCUT2D eigenvalue weighted by Gasteiger charge is 2.26. The fourth-order valence-corrected chi connectivity index (χ4v) is 3.91. The van der Waals surface area contributed by atoms with Crippen molar-refractivity contribution in [1.29, 1.82) is 0 Å². The average molecular weight is 500 g/mol. The Morgan fingerprint density at radius 3 is 2.36 bits per heavy atom. The van der Waals surface area contributed by atoms with Gasteiger partial charge < -0.3 is 24.3 Å².